The van der Waals surface area contributed by atoms with Gasteiger partial charge in [0.15, 0.2) is 0 Å². The predicted molar refractivity (Wildman–Crippen MR) is 77.0 cm³/mol. The van der Waals surface area contributed by atoms with Crippen molar-refractivity contribution in [3.05, 3.63) is 35.4 Å². The Morgan fingerprint density at radius 2 is 2.06 bits per heavy atom. The molecule has 0 bridgehead atoms. The summed E-state index contributed by atoms with van der Waals surface area (Å²) in [6, 6.07) is 6.53. The van der Waals surface area contributed by atoms with E-state index in [-0.39, 0.29) is 6.10 Å². The summed E-state index contributed by atoms with van der Waals surface area (Å²) in [5, 5.41) is 3.42. The third-order valence-corrected chi connectivity index (χ3v) is 3.19. The minimum Gasteiger partial charge on any atom is -0.491 e. The van der Waals surface area contributed by atoms with Crippen molar-refractivity contribution in [3.8, 4) is 5.75 Å². The van der Waals surface area contributed by atoms with Crippen molar-refractivity contribution < 1.29 is 4.74 Å². The summed E-state index contributed by atoms with van der Waals surface area (Å²) in [6.45, 7) is 8.42. The Bertz CT molecular complexity index is 435. The van der Waals surface area contributed by atoms with E-state index in [9.17, 15) is 0 Å². The second-order valence-electron chi connectivity index (χ2n) is 5.16. The van der Waals surface area contributed by atoms with Gasteiger partial charge in [-0.15, -0.1) is 0 Å². The van der Waals surface area contributed by atoms with Crippen LogP contribution in [0.4, 0.5) is 0 Å². The highest BCUT2D eigenvalue weighted by atomic mass is 16.5. The minimum atomic E-state index is 0.232. The monoisotopic (exact) mass is 245 g/mol. The van der Waals surface area contributed by atoms with Gasteiger partial charge in [-0.05, 0) is 75.5 Å². The van der Waals surface area contributed by atoms with Crippen molar-refractivity contribution in [2.75, 3.05) is 13.1 Å². The molecule has 0 unspecified atom stereocenters. The van der Waals surface area contributed by atoms with Crippen LogP contribution in [-0.4, -0.2) is 19.2 Å². The van der Waals surface area contributed by atoms with Crippen molar-refractivity contribution >= 4 is 5.57 Å². The molecule has 0 saturated carbocycles. The Hall–Kier alpha value is -1.28. The molecule has 1 aromatic carbocycles. The van der Waals surface area contributed by atoms with Crippen molar-refractivity contribution in [2.45, 2.75) is 39.7 Å². The molecule has 1 aliphatic rings. The molecule has 98 valence electrons. The van der Waals surface area contributed by atoms with Crippen LogP contribution in [0, 0.1) is 6.92 Å². The highest BCUT2D eigenvalue weighted by Gasteiger charge is 2.08. The molecule has 1 aliphatic heterocycles. The topological polar surface area (TPSA) is 21.3 Å². The highest BCUT2D eigenvalue weighted by Crippen LogP contribution is 2.26. The fraction of sp³-hybridized carbons (Fsp3) is 0.500. The lowest BCUT2D eigenvalue weighted by Crippen LogP contribution is -2.13. The fourth-order valence-corrected chi connectivity index (χ4v) is 2.30. The SMILES string of the molecule is Cc1cc(C2=CCCNCC2)ccc1OC(C)C. The summed E-state index contributed by atoms with van der Waals surface area (Å²) in [6.07, 6.45) is 4.83. The van der Waals surface area contributed by atoms with Gasteiger partial charge in [0, 0.05) is 0 Å². The maximum absolute atomic E-state index is 5.78. The summed E-state index contributed by atoms with van der Waals surface area (Å²) in [5.74, 6) is 1.00. The lowest BCUT2D eigenvalue weighted by atomic mass is 10.00. The summed E-state index contributed by atoms with van der Waals surface area (Å²) >= 11 is 0. The van der Waals surface area contributed by atoms with Crippen molar-refractivity contribution in [1.82, 2.24) is 5.32 Å². The van der Waals surface area contributed by atoms with Crippen LogP contribution >= 0.6 is 0 Å². The van der Waals surface area contributed by atoms with E-state index in [4.69, 9.17) is 4.74 Å². The summed E-state index contributed by atoms with van der Waals surface area (Å²) in [5.41, 5.74) is 4.02. The van der Waals surface area contributed by atoms with E-state index in [0.717, 1.165) is 31.7 Å². The van der Waals surface area contributed by atoms with Crippen LogP contribution in [0.2, 0.25) is 0 Å². The number of hydrogen-bond acceptors (Lipinski definition) is 2. The molecule has 18 heavy (non-hydrogen) atoms. The highest BCUT2D eigenvalue weighted by molar-refractivity contribution is 5.67. The zero-order chi connectivity index (χ0) is 13.0. The predicted octanol–water partition coefficient (Wildman–Crippen LogP) is 3.55. The molecule has 2 rings (SSSR count). The molecule has 2 heteroatoms. The van der Waals surface area contributed by atoms with Crippen molar-refractivity contribution in [3.63, 3.8) is 0 Å². The van der Waals surface area contributed by atoms with Gasteiger partial charge < -0.3 is 10.1 Å². The van der Waals surface area contributed by atoms with Crippen LogP contribution in [0.1, 0.15) is 37.8 Å². The first-order chi connectivity index (χ1) is 8.66. The van der Waals surface area contributed by atoms with Crippen LogP contribution in [0.5, 0.6) is 5.75 Å². The minimum absolute atomic E-state index is 0.232. The Balaban J connectivity index is 2.19. The Labute approximate surface area is 110 Å². The van der Waals surface area contributed by atoms with Crippen LogP contribution in [-0.2, 0) is 0 Å². The number of benzene rings is 1. The maximum atomic E-state index is 5.78. The van der Waals surface area contributed by atoms with E-state index in [1.165, 1.54) is 16.7 Å². The van der Waals surface area contributed by atoms with Crippen molar-refractivity contribution in [1.29, 1.82) is 0 Å². The molecule has 0 aliphatic carbocycles. The molecular formula is C16H23NO. The molecule has 1 aromatic rings. The first-order valence-corrected chi connectivity index (χ1v) is 6.84. The first kappa shape index (κ1) is 13.2. The number of hydrogen-bond donors (Lipinski definition) is 1. The second-order valence-corrected chi connectivity index (χ2v) is 5.16. The van der Waals surface area contributed by atoms with E-state index in [1.807, 2.05) is 0 Å². The zero-order valence-corrected chi connectivity index (χ0v) is 11.6. The Morgan fingerprint density at radius 1 is 1.22 bits per heavy atom. The average molecular weight is 245 g/mol. The molecule has 0 atom stereocenters. The van der Waals surface area contributed by atoms with Gasteiger partial charge in [-0.25, -0.2) is 0 Å². The number of rotatable bonds is 3. The quantitative estimate of drug-likeness (QED) is 0.879. The van der Waals surface area contributed by atoms with E-state index < -0.39 is 0 Å². The molecule has 0 radical (unpaired) electrons. The molecule has 0 amide bonds. The van der Waals surface area contributed by atoms with Gasteiger partial charge in [0.2, 0.25) is 0 Å². The third-order valence-electron chi connectivity index (χ3n) is 3.19. The average Bonchev–Trinajstić information content (AvgIpc) is 2.60. The summed E-state index contributed by atoms with van der Waals surface area (Å²) in [7, 11) is 0. The van der Waals surface area contributed by atoms with Gasteiger partial charge in [-0.1, -0.05) is 12.1 Å². The van der Waals surface area contributed by atoms with E-state index in [0.29, 0.717) is 0 Å². The van der Waals surface area contributed by atoms with Gasteiger partial charge in [-0.3, -0.25) is 0 Å². The molecular weight excluding hydrogens is 222 g/mol. The zero-order valence-electron chi connectivity index (χ0n) is 11.6. The van der Waals surface area contributed by atoms with Crippen LogP contribution in [0.25, 0.3) is 5.57 Å². The van der Waals surface area contributed by atoms with Gasteiger partial charge in [0.25, 0.3) is 0 Å². The fourth-order valence-electron chi connectivity index (χ4n) is 2.30. The normalized spacial score (nSPS) is 16.3. The smallest absolute Gasteiger partial charge is 0.122 e. The molecule has 1 N–H and O–H groups in total. The lowest BCUT2D eigenvalue weighted by Gasteiger charge is -2.14. The van der Waals surface area contributed by atoms with Gasteiger partial charge in [0.05, 0.1) is 6.10 Å². The van der Waals surface area contributed by atoms with Gasteiger partial charge >= 0.3 is 0 Å². The lowest BCUT2D eigenvalue weighted by molar-refractivity contribution is 0.241. The van der Waals surface area contributed by atoms with E-state index >= 15 is 0 Å². The first-order valence-electron chi connectivity index (χ1n) is 6.84. The van der Waals surface area contributed by atoms with Crippen molar-refractivity contribution in [2.24, 2.45) is 0 Å². The number of nitrogens with one attached hydrogen (secondary N) is 1. The molecule has 1 heterocycles. The Morgan fingerprint density at radius 3 is 2.78 bits per heavy atom. The molecule has 0 spiro atoms. The third kappa shape index (κ3) is 3.36. The van der Waals surface area contributed by atoms with Crippen LogP contribution in [0.15, 0.2) is 24.3 Å². The number of aryl methyl sites for hydroxylation is 1. The van der Waals surface area contributed by atoms with E-state index in [1.54, 1.807) is 0 Å². The van der Waals surface area contributed by atoms with E-state index in [2.05, 4.69) is 50.4 Å². The molecule has 0 fully saturated rings. The molecule has 0 saturated heterocycles. The molecule has 2 nitrogen and oxygen atoms in total. The van der Waals surface area contributed by atoms with Crippen LogP contribution in [0.3, 0.4) is 0 Å². The van der Waals surface area contributed by atoms with Crippen LogP contribution < -0.4 is 10.1 Å². The standard InChI is InChI=1S/C16H23NO/c1-12(2)18-16-7-6-15(11-13(16)3)14-5-4-9-17-10-8-14/h5-7,11-12,17H,4,8-10H2,1-3H3. The van der Waals surface area contributed by atoms with Gasteiger partial charge in [-0.2, -0.15) is 0 Å². The van der Waals surface area contributed by atoms with Gasteiger partial charge in [0.1, 0.15) is 5.75 Å². The largest absolute Gasteiger partial charge is 0.491 e. The Kier molecular flexibility index (Phi) is 4.43. The maximum Gasteiger partial charge on any atom is 0.122 e. The molecule has 0 aromatic heterocycles. The second kappa shape index (κ2) is 6.05. The summed E-state index contributed by atoms with van der Waals surface area (Å²) < 4.78 is 5.78. The summed E-state index contributed by atoms with van der Waals surface area (Å²) in [4.78, 5) is 0. The number of ether oxygens (including phenoxy) is 1.